The Balaban J connectivity index is 0.00000312. The maximum Gasteiger partial charge on any atom is 0.193 e. The van der Waals surface area contributed by atoms with Crippen molar-refractivity contribution in [2.24, 2.45) is 4.99 Å². The summed E-state index contributed by atoms with van der Waals surface area (Å²) in [5.74, 6) is 2.56. The lowest BCUT2D eigenvalue weighted by Crippen LogP contribution is -2.40. The zero-order valence-electron chi connectivity index (χ0n) is 14.9. The standard InChI is InChI=1S/C19H25N3O2.HI/c1-20-19(21-15-16-8-7-11-18(14-16)23-3)22(2)12-13-24-17-9-5-4-6-10-17;/h4-11,14H,12-13,15H2,1-3H3,(H,20,21);1H. The zero-order chi connectivity index (χ0) is 17.2. The molecule has 0 atom stereocenters. The van der Waals surface area contributed by atoms with E-state index in [2.05, 4.69) is 16.4 Å². The average Bonchev–Trinajstić information content (AvgIpc) is 2.63. The van der Waals surface area contributed by atoms with Gasteiger partial charge in [-0.15, -0.1) is 24.0 Å². The van der Waals surface area contributed by atoms with Gasteiger partial charge >= 0.3 is 0 Å². The molecular formula is C19H26IN3O2. The Labute approximate surface area is 167 Å². The fourth-order valence-electron chi connectivity index (χ4n) is 2.27. The SMILES string of the molecule is CN=C(NCc1cccc(OC)c1)N(C)CCOc1ccccc1.I. The molecule has 0 aliphatic rings. The number of hydrogen-bond donors (Lipinski definition) is 1. The first-order valence-electron chi connectivity index (χ1n) is 7.95. The van der Waals surface area contributed by atoms with Crippen LogP contribution in [0.15, 0.2) is 59.6 Å². The highest BCUT2D eigenvalue weighted by Crippen LogP contribution is 2.12. The maximum atomic E-state index is 5.72. The van der Waals surface area contributed by atoms with E-state index >= 15 is 0 Å². The van der Waals surface area contributed by atoms with Crippen molar-refractivity contribution in [3.05, 3.63) is 60.2 Å². The van der Waals surface area contributed by atoms with E-state index in [1.165, 1.54) is 0 Å². The van der Waals surface area contributed by atoms with Gasteiger partial charge in [-0.25, -0.2) is 0 Å². The molecule has 136 valence electrons. The molecule has 1 N–H and O–H groups in total. The van der Waals surface area contributed by atoms with E-state index in [1.807, 2.05) is 60.5 Å². The molecule has 0 amide bonds. The van der Waals surface area contributed by atoms with Crippen LogP contribution in [0.3, 0.4) is 0 Å². The minimum Gasteiger partial charge on any atom is -0.497 e. The van der Waals surface area contributed by atoms with Gasteiger partial charge in [0.1, 0.15) is 18.1 Å². The number of likely N-dealkylation sites (N-methyl/N-ethyl adjacent to an activating group) is 1. The summed E-state index contributed by atoms with van der Waals surface area (Å²) in [5, 5.41) is 3.35. The molecule has 0 bridgehead atoms. The number of nitrogens with zero attached hydrogens (tertiary/aromatic N) is 2. The second kappa shape index (κ2) is 11.6. The summed E-state index contributed by atoms with van der Waals surface area (Å²) in [7, 11) is 5.45. The second-order valence-corrected chi connectivity index (χ2v) is 5.34. The molecule has 25 heavy (non-hydrogen) atoms. The Morgan fingerprint density at radius 2 is 1.80 bits per heavy atom. The lowest BCUT2D eigenvalue weighted by molar-refractivity contribution is 0.281. The highest BCUT2D eigenvalue weighted by Gasteiger charge is 2.06. The van der Waals surface area contributed by atoms with Crippen molar-refractivity contribution in [1.29, 1.82) is 0 Å². The number of halogens is 1. The Morgan fingerprint density at radius 1 is 1.08 bits per heavy atom. The fraction of sp³-hybridized carbons (Fsp3) is 0.316. The smallest absolute Gasteiger partial charge is 0.193 e. The molecule has 2 aromatic carbocycles. The first-order valence-corrected chi connectivity index (χ1v) is 7.95. The molecule has 0 unspecified atom stereocenters. The molecule has 0 saturated carbocycles. The Bertz CT molecular complexity index is 650. The van der Waals surface area contributed by atoms with Crippen LogP contribution in [-0.2, 0) is 6.54 Å². The van der Waals surface area contributed by atoms with Gasteiger partial charge in [0.05, 0.1) is 13.7 Å². The van der Waals surface area contributed by atoms with Crippen LogP contribution in [-0.4, -0.2) is 45.2 Å². The van der Waals surface area contributed by atoms with Gasteiger partial charge in [0.2, 0.25) is 0 Å². The van der Waals surface area contributed by atoms with Gasteiger partial charge in [-0.1, -0.05) is 30.3 Å². The number of hydrogen-bond acceptors (Lipinski definition) is 3. The summed E-state index contributed by atoms with van der Waals surface area (Å²) in [4.78, 5) is 6.36. The molecule has 2 aromatic rings. The number of methoxy groups -OCH3 is 1. The van der Waals surface area contributed by atoms with Gasteiger partial charge < -0.3 is 19.7 Å². The Hall–Kier alpha value is -1.96. The van der Waals surface area contributed by atoms with Gasteiger partial charge in [-0.05, 0) is 29.8 Å². The number of rotatable bonds is 7. The summed E-state index contributed by atoms with van der Waals surface area (Å²) in [6.45, 7) is 2.03. The maximum absolute atomic E-state index is 5.72. The first kappa shape index (κ1) is 21.1. The molecule has 0 aliphatic carbocycles. The third-order valence-electron chi connectivity index (χ3n) is 3.60. The molecule has 0 aromatic heterocycles. The number of benzene rings is 2. The van der Waals surface area contributed by atoms with Crippen molar-refractivity contribution in [3.8, 4) is 11.5 Å². The average molecular weight is 455 g/mol. The van der Waals surface area contributed by atoms with Gasteiger partial charge in [-0.3, -0.25) is 4.99 Å². The van der Waals surface area contributed by atoms with Gasteiger partial charge in [0, 0.05) is 20.6 Å². The summed E-state index contributed by atoms with van der Waals surface area (Å²) in [5.41, 5.74) is 1.14. The lowest BCUT2D eigenvalue weighted by atomic mass is 10.2. The van der Waals surface area contributed by atoms with Crippen LogP contribution in [0.4, 0.5) is 0 Å². The normalized spacial score (nSPS) is 10.6. The summed E-state index contributed by atoms with van der Waals surface area (Å²) >= 11 is 0. The van der Waals surface area contributed by atoms with Crippen LogP contribution in [0.5, 0.6) is 11.5 Å². The van der Waals surface area contributed by atoms with Gasteiger partial charge in [-0.2, -0.15) is 0 Å². The minimum absolute atomic E-state index is 0. The van der Waals surface area contributed by atoms with Crippen LogP contribution in [0.1, 0.15) is 5.56 Å². The molecule has 0 saturated heterocycles. The quantitative estimate of drug-likeness (QED) is 0.395. The first-order chi connectivity index (χ1) is 11.7. The number of nitrogens with one attached hydrogen (secondary N) is 1. The zero-order valence-corrected chi connectivity index (χ0v) is 17.3. The van der Waals surface area contributed by atoms with Gasteiger partial charge in [0.15, 0.2) is 5.96 Å². The van der Waals surface area contributed by atoms with Gasteiger partial charge in [0.25, 0.3) is 0 Å². The van der Waals surface area contributed by atoms with E-state index in [0.717, 1.165) is 29.6 Å². The minimum atomic E-state index is 0. The van der Waals surface area contributed by atoms with E-state index in [4.69, 9.17) is 9.47 Å². The number of ether oxygens (including phenoxy) is 2. The van der Waals surface area contributed by atoms with Crippen molar-refractivity contribution in [2.75, 3.05) is 34.4 Å². The lowest BCUT2D eigenvalue weighted by Gasteiger charge is -2.22. The van der Waals surface area contributed by atoms with Crippen molar-refractivity contribution in [3.63, 3.8) is 0 Å². The molecule has 0 aliphatic heterocycles. The Kier molecular flexibility index (Phi) is 9.76. The number of guanidine groups is 1. The molecule has 2 rings (SSSR count). The van der Waals surface area contributed by atoms with E-state index in [9.17, 15) is 0 Å². The van der Waals surface area contributed by atoms with E-state index in [1.54, 1.807) is 14.2 Å². The molecule has 0 radical (unpaired) electrons. The van der Waals surface area contributed by atoms with Crippen LogP contribution in [0.25, 0.3) is 0 Å². The third kappa shape index (κ3) is 7.21. The van der Waals surface area contributed by atoms with Crippen LogP contribution in [0.2, 0.25) is 0 Å². The molecule has 0 spiro atoms. The van der Waals surface area contributed by atoms with E-state index in [-0.39, 0.29) is 24.0 Å². The van der Waals surface area contributed by atoms with Crippen LogP contribution in [0, 0.1) is 0 Å². The number of para-hydroxylation sites is 1. The van der Waals surface area contributed by atoms with Crippen LogP contribution >= 0.6 is 24.0 Å². The molecule has 5 nitrogen and oxygen atoms in total. The summed E-state index contributed by atoms with van der Waals surface area (Å²) in [6, 6.07) is 17.8. The van der Waals surface area contributed by atoms with E-state index in [0.29, 0.717) is 13.2 Å². The predicted octanol–water partition coefficient (Wildman–Crippen LogP) is 3.40. The largest absolute Gasteiger partial charge is 0.497 e. The summed E-state index contributed by atoms with van der Waals surface area (Å²) in [6.07, 6.45) is 0. The molecule has 0 heterocycles. The second-order valence-electron chi connectivity index (χ2n) is 5.34. The summed E-state index contributed by atoms with van der Waals surface area (Å²) < 4.78 is 11.0. The highest BCUT2D eigenvalue weighted by atomic mass is 127. The molecule has 0 fully saturated rings. The van der Waals surface area contributed by atoms with Crippen molar-refractivity contribution >= 4 is 29.9 Å². The van der Waals surface area contributed by atoms with Crippen molar-refractivity contribution < 1.29 is 9.47 Å². The van der Waals surface area contributed by atoms with E-state index < -0.39 is 0 Å². The predicted molar refractivity (Wildman–Crippen MR) is 113 cm³/mol. The topological polar surface area (TPSA) is 46.1 Å². The molecular weight excluding hydrogens is 429 g/mol. The third-order valence-corrected chi connectivity index (χ3v) is 3.60. The van der Waals surface area contributed by atoms with Crippen LogP contribution < -0.4 is 14.8 Å². The Morgan fingerprint density at radius 3 is 2.48 bits per heavy atom. The molecule has 6 heteroatoms. The van der Waals surface area contributed by atoms with Crippen molar-refractivity contribution in [1.82, 2.24) is 10.2 Å². The fourth-order valence-corrected chi connectivity index (χ4v) is 2.27. The number of aliphatic imine (C=N–C) groups is 1. The monoisotopic (exact) mass is 455 g/mol. The highest BCUT2D eigenvalue weighted by molar-refractivity contribution is 14.0. The van der Waals surface area contributed by atoms with Crippen molar-refractivity contribution in [2.45, 2.75) is 6.54 Å².